The predicted octanol–water partition coefficient (Wildman–Crippen LogP) is 1.68. The summed E-state index contributed by atoms with van der Waals surface area (Å²) in [5.41, 5.74) is 1.05. The normalized spacial score (nSPS) is 15.3. The van der Waals surface area contributed by atoms with Crippen molar-refractivity contribution in [2.24, 2.45) is 0 Å². The van der Waals surface area contributed by atoms with Gasteiger partial charge in [-0.05, 0) is 18.9 Å². The molecule has 0 aromatic heterocycles. The summed E-state index contributed by atoms with van der Waals surface area (Å²) < 4.78 is 16.1. The molecule has 23 heavy (non-hydrogen) atoms. The van der Waals surface area contributed by atoms with Gasteiger partial charge < -0.3 is 19.3 Å². The van der Waals surface area contributed by atoms with Crippen molar-refractivity contribution in [1.82, 2.24) is 4.90 Å². The van der Waals surface area contributed by atoms with Crippen molar-refractivity contribution in [2.45, 2.75) is 31.5 Å². The van der Waals surface area contributed by atoms with Gasteiger partial charge in [-0.15, -0.1) is 6.42 Å². The van der Waals surface area contributed by atoms with Gasteiger partial charge in [-0.3, -0.25) is 4.90 Å². The molecule has 1 atom stereocenters. The second kappa shape index (κ2) is 8.78. The van der Waals surface area contributed by atoms with E-state index in [2.05, 4.69) is 10.8 Å². The van der Waals surface area contributed by atoms with Gasteiger partial charge in [-0.1, -0.05) is 18.1 Å². The first-order valence-corrected chi connectivity index (χ1v) is 7.82. The van der Waals surface area contributed by atoms with Crippen molar-refractivity contribution in [3.05, 3.63) is 23.8 Å². The van der Waals surface area contributed by atoms with Crippen LogP contribution in [0.3, 0.4) is 0 Å². The molecule has 5 nitrogen and oxygen atoms in total. The Morgan fingerprint density at radius 2 is 2.13 bits per heavy atom. The first-order chi connectivity index (χ1) is 11.2. The predicted molar refractivity (Wildman–Crippen MR) is 88.6 cm³/mol. The molecule has 0 heterocycles. The van der Waals surface area contributed by atoms with E-state index in [4.69, 9.17) is 20.6 Å². The maximum absolute atomic E-state index is 10.1. The fourth-order valence-electron chi connectivity index (χ4n) is 2.66. The van der Waals surface area contributed by atoms with Crippen molar-refractivity contribution in [2.75, 3.05) is 34.0 Å². The number of para-hydroxylation sites is 1. The van der Waals surface area contributed by atoms with E-state index in [1.165, 1.54) is 0 Å². The molecule has 1 aromatic rings. The third kappa shape index (κ3) is 5.14. The molecule has 0 amide bonds. The molecule has 1 saturated carbocycles. The van der Waals surface area contributed by atoms with Gasteiger partial charge in [0, 0.05) is 24.7 Å². The van der Waals surface area contributed by atoms with Gasteiger partial charge in [-0.25, -0.2) is 0 Å². The van der Waals surface area contributed by atoms with Gasteiger partial charge in [-0.2, -0.15) is 0 Å². The molecule has 0 bridgehead atoms. The number of rotatable bonds is 10. The molecular weight excluding hydrogens is 294 g/mol. The second-order valence-corrected chi connectivity index (χ2v) is 5.69. The van der Waals surface area contributed by atoms with Crippen LogP contribution >= 0.6 is 0 Å². The van der Waals surface area contributed by atoms with E-state index in [9.17, 15) is 5.11 Å². The average Bonchev–Trinajstić information content (AvgIpc) is 3.39. The Kier molecular flexibility index (Phi) is 6.72. The van der Waals surface area contributed by atoms with Crippen LogP contribution in [0.5, 0.6) is 11.5 Å². The van der Waals surface area contributed by atoms with Crippen LogP contribution in [0.2, 0.25) is 0 Å². The largest absolute Gasteiger partial charge is 0.493 e. The molecule has 1 aromatic carbocycles. The Morgan fingerprint density at radius 1 is 1.35 bits per heavy atom. The lowest BCUT2D eigenvalue weighted by molar-refractivity contribution is 0.0241. The topological polar surface area (TPSA) is 51.2 Å². The second-order valence-electron chi connectivity index (χ2n) is 5.69. The quantitative estimate of drug-likeness (QED) is 0.525. The van der Waals surface area contributed by atoms with Crippen molar-refractivity contribution in [3.8, 4) is 23.8 Å². The summed E-state index contributed by atoms with van der Waals surface area (Å²) in [6.45, 7) is 1.74. The van der Waals surface area contributed by atoms with Crippen LogP contribution in [0, 0.1) is 12.3 Å². The first-order valence-electron chi connectivity index (χ1n) is 7.82. The number of ether oxygens (including phenoxy) is 3. The fraction of sp³-hybridized carbons (Fsp3) is 0.556. The number of aliphatic hydroxyl groups excluding tert-OH is 1. The summed E-state index contributed by atoms with van der Waals surface area (Å²) in [6, 6.07) is 6.37. The zero-order valence-corrected chi connectivity index (χ0v) is 13.8. The van der Waals surface area contributed by atoms with Crippen molar-refractivity contribution < 1.29 is 19.3 Å². The van der Waals surface area contributed by atoms with Gasteiger partial charge in [0.1, 0.15) is 6.61 Å². The van der Waals surface area contributed by atoms with Crippen molar-refractivity contribution in [1.29, 1.82) is 0 Å². The third-order valence-corrected chi connectivity index (χ3v) is 3.86. The number of hydrogen-bond donors (Lipinski definition) is 1. The highest BCUT2D eigenvalue weighted by Gasteiger charge is 2.31. The summed E-state index contributed by atoms with van der Waals surface area (Å²) in [5.74, 6) is 3.87. The highest BCUT2D eigenvalue weighted by molar-refractivity contribution is 5.46. The average molecular weight is 319 g/mol. The number of aliphatic hydroxyl groups is 1. The smallest absolute Gasteiger partial charge is 0.165 e. The number of benzene rings is 1. The summed E-state index contributed by atoms with van der Waals surface area (Å²) in [4.78, 5) is 2.27. The van der Waals surface area contributed by atoms with Gasteiger partial charge >= 0.3 is 0 Å². The molecular formula is C18H25NO4. The molecule has 0 radical (unpaired) electrons. The lowest BCUT2D eigenvalue weighted by atomic mass is 10.1. The molecule has 0 aliphatic heterocycles. The first kappa shape index (κ1) is 17.6. The van der Waals surface area contributed by atoms with Gasteiger partial charge in [0.15, 0.2) is 11.5 Å². The lowest BCUT2D eigenvalue weighted by Gasteiger charge is -2.26. The number of nitrogens with zero attached hydrogens (tertiary/aromatic N) is 1. The SMILES string of the molecule is C#CCOCC(O)CN(Cc1cccc(OC)c1OC)C1CC1. The van der Waals surface area contributed by atoms with Crippen molar-refractivity contribution >= 4 is 0 Å². The molecule has 126 valence electrons. The molecule has 0 spiro atoms. The minimum absolute atomic E-state index is 0.226. The van der Waals surface area contributed by atoms with Crippen LogP contribution in [-0.4, -0.2) is 56.1 Å². The molecule has 1 aliphatic carbocycles. The molecule has 1 aliphatic rings. The minimum atomic E-state index is -0.555. The fourth-order valence-corrected chi connectivity index (χ4v) is 2.66. The van der Waals surface area contributed by atoms with E-state index in [0.717, 1.165) is 29.9 Å². The van der Waals surface area contributed by atoms with Crippen LogP contribution in [0.4, 0.5) is 0 Å². The van der Waals surface area contributed by atoms with Crippen LogP contribution in [0.15, 0.2) is 18.2 Å². The molecule has 1 fully saturated rings. The Morgan fingerprint density at radius 3 is 2.74 bits per heavy atom. The summed E-state index contributed by atoms with van der Waals surface area (Å²) in [6.07, 6.45) is 6.90. The summed E-state index contributed by atoms with van der Waals surface area (Å²) >= 11 is 0. The number of terminal acetylenes is 1. The molecule has 0 saturated heterocycles. The van der Waals surface area contributed by atoms with Crippen LogP contribution in [-0.2, 0) is 11.3 Å². The van der Waals surface area contributed by atoms with Gasteiger partial charge in [0.05, 0.1) is 26.9 Å². The van der Waals surface area contributed by atoms with Crippen LogP contribution in [0.25, 0.3) is 0 Å². The van der Waals surface area contributed by atoms with E-state index in [1.54, 1.807) is 14.2 Å². The summed E-state index contributed by atoms with van der Waals surface area (Å²) in [7, 11) is 3.28. The van der Waals surface area contributed by atoms with E-state index in [1.807, 2.05) is 18.2 Å². The zero-order chi connectivity index (χ0) is 16.7. The molecule has 1 N–H and O–H groups in total. The van der Waals surface area contributed by atoms with E-state index >= 15 is 0 Å². The van der Waals surface area contributed by atoms with Crippen LogP contribution < -0.4 is 9.47 Å². The standard InChI is InChI=1S/C18H25NO4/c1-4-10-23-13-16(20)12-19(15-8-9-15)11-14-6-5-7-17(21-2)18(14)22-3/h1,5-7,15-16,20H,8-13H2,2-3H3. The highest BCUT2D eigenvalue weighted by atomic mass is 16.5. The monoisotopic (exact) mass is 319 g/mol. The van der Waals surface area contributed by atoms with Gasteiger partial charge in [0.25, 0.3) is 0 Å². The van der Waals surface area contributed by atoms with E-state index < -0.39 is 6.10 Å². The Bertz CT molecular complexity index is 536. The highest BCUT2D eigenvalue weighted by Crippen LogP contribution is 2.34. The van der Waals surface area contributed by atoms with Gasteiger partial charge in [0.2, 0.25) is 0 Å². The van der Waals surface area contributed by atoms with E-state index in [-0.39, 0.29) is 13.2 Å². The maximum atomic E-state index is 10.1. The molecule has 2 rings (SSSR count). The van der Waals surface area contributed by atoms with Crippen LogP contribution in [0.1, 0.15) is 18.4 Å². The molecule has 1 unspecified atom stereocenters. The third-order valence-electron chi connectivity index (χ3n) is 3.86. The maximum Gasteiger partial charge on any atom is 0.165 e. The number of methoxy groups -OCH3 is 2. The zero-order valence-electron chi connectivity index (χ0n) is 13.8. The number of hydrogen-bond acceptors (Lipinski definition) is 5. The lowest BCUT2D eigenvalue weighted by Crippen LogP contribution is -2.36. The Balaban J connectivity index is 2.01. The Labute approximate surface area is 138 Å². The summed E-state index contributed by atoms with van der Waals surface area (Å²) in [5, 5.41) is 10.1. The van der Waals surface area contributed by atoms with E-state index in [0.29, 0.717) is 19.1 Å². The minimum Gasteiger partial charge on any atom is -0.493 e. The van der Waals surface area contributed by atoms with Crippen molar-refractivity contribution in [3.63, 3.8) is 0 Å². The Hall–Kier alpha value is -1.74. The molecule has 5 heteroatoms.